The molecule has 0 aromatic carbocycles. The summed E-state index contributed by atoms with van der Waals surface area (Å²) >= 11 is 0. The van der Waals surface area contributed by atoms with Gasteiger partial charge in [-0.2, -0.15) is 0 Å². The van der Waals surface area contributed by atoms with Crippen LogP contribution in [0.25, 0.3) is 4.85 Å². The Kier molecular flexibility index (Phi) is 3.59. The lowest BCUT2D eigenvalue weighted by atomic mass is 10.7. The minimum absolute atomic E-state index is 0.159. The van der Waals surface area contributed by atoms with Crippen molar-refractivity contribution in [2.24, 2.45) is 0 Å². The van der Waals surface area contributed by atoms with Crippen LogP contribution in [0.5, 0.6) is 0 Å². The molecule has 0 atom stereocenters. The normalized spacial score (nSPS) is 7.50. The van der Waals surface area contributed by atoms with Crippen molar-refractivity contribution in [2.45, 2.75) is 6.92 Å². The Morgan fingerprint density at radius 1 is 1.88 bits per heavy atom. The number of hydrogen-bond donors (Lipinski definition) is 0. The Bertz CT molecular complexity index is 114. The molecule has 44 valence electrons. The Morgan fingerprint density at radius 2 is 2.50 bits per heavy atom. The molecule has 0 bridgehead atoms. The molecule has 0 rings (SSSR count). The van der Waals surface area contributed by atoms with Gasteiger partial charge in [-0.25, -0.2) is 11.4 Å². The first-order chi connectivity index (χ1) is 3.81. The summed E-state index contributed by atoms with van der Waals surface area (Å²) in [5, 5.41) is 0. The molecule has 0 aliphatic heterocycles. The lowest BCUT2D eigenvalue weighted by Crippen LogP contribution is -2.05. The van der Waals surface area contributed by atoms with E-state index in [1.807, 2.05) is 0 Å². The van der Waals surface area contributed by atoms with Crippen molar-refractivity contribution in [2.75, 3.05) is 13.2 Å². The molecule has 3 nitrogen and oxygen atoms in total. The zero-order chi connectivity index (χ0) is 6.41. The molecule has 0 amide bonds. The average Bonchev–Trinajstić information content (AvgIpc) is 1.68. The zero-order valence-corrected chi connectivity index (χ0v) is 4.68. The van der Waals surface area contributed by atoms with Crippen LogP contribution in [0.3, 0.4) is 0 Å². The van der Waals surface area contributed by atoms with E-state index in [4.69, 9.17) is 6.57 Å². The predicted octanol–water partition coefficient (Wildman–Crippen LogP) is 0.469. The number of rotatable bonds is 2. The number of carbonyl (C=O) groups is 1. The van der Waals surface area contributed by atoms with Crippen LogP contribution in [0.15, 0.2) is 0 Å². The van der Waals surface area contributed by atoms with E-state index < -0.39 is 5.97 Å². The van der Waals surface area contributed by atoms with Crippen LogP contribution in [0.1, 0.15) is 6.92 Å². The lowest BCUT2D eigenvalue weighted by Gasteiger charge is -1.90. The topological polar surface area (TPSA) is 30.7 Å². The highest BCUT2D eigenvalue weighted by Crippen LogP contribution is 1.76. The van der Waals surface area contributed by atoms with Gasteiger partial charge in [0, 0.05) is 0 Å². The molecule has 0 unspecified atom stereocenters. The summed E-state index contributed by atoms with van der Waals surface area (Å²) in [6.07, 6.45) is 0. The first kappa shape index (κ1) is 6.96. The summed E-state index contributed by atoms with van der Waals surface area (Å²) in [7, 11) is 0. The summed E-state index contributed by atoms with van der Waals surface area (Å²) in [5.74, 6) is -0.442. The summed E-state index contributed by atoms with van der Waals surface area (Å²) in [4.78, 5) is 13.0. The quantitative estimate of drug-likeness (QED) is 0.297. The van der Waals surface area contributed by atoms with Gasteiger partial charge in [0.2, 0.25) is 0 Å². The molecule has 0 aliphatic carbocycles. The maximum atomic E-state index is 10.2. The second-order valence-electron chi connectivity index (χ2n) is 1.12. The first-order valence-electron chi connectivity index (χ1n) is 2.30. The van der Waals surface area contributed by atoms with E-state index >= 15 is 0 Å². The Labute approximate surface area is 48.1 Å². The van der Waals surface area contributed by atoms with Gasteiger partial charge in [-0.05, 0) is 6.92 Å². The van der Waals surface area contributed by atoms with Crippen LogP contribution in [-0.2, 0) is 9.53 Å². The number of carbonyl (C=O) groups excluding carboxylic acids is 1. The molecule has 8 heavy (non-hydrogen) atoms. The molecular weight excluding hydrogens is 107 g/mol. The fraction of sp³-hybridized carbons (Fsp3) is 0.600. The van der Waals surface area contributed by atoms with E-state index in [1.54, 1.807) is 6.92 Å². The van der Waals surface area contributed by atoms with Gasteiger partial charge in [0.05, 0.1) is 6.61 Å². The van der Waals surface area contributed by atoms with Crippen molar-refractivity contribution >= 4 is 5.97 Å². The molecule has 0 radical (unpaired) electrons. The third kappa shape index (κ3) is 3.16. The Hall–Kier alpha value is -1.04. The number of hydrogen-bond acceptors (Lipinski definition) is 2. The monoisotopic (exact) mass is 114 g/mol. The van der Waals surface area contributed by atoms with E-state index in [-0.39, 0.29) is 6.54 Å². The molecule has 0 heterocycles. The molecule has 0 N–H and O–H groups in total. The van der Waals surface area contributed by atoms with Gasteiger partial charge in [-0.3, -0.25) is 0 Å². The van der Waals surface area contributed by atoms with Crippen molar-refractivity contribution in [3.8, 4) is 0 Å². The van der Waals surface area contributed by atoms with Crippen LogP contribution in [0, 0.1) is 6.57 Å². The minimum atomic E-state index is -0.442. The van der Waals surface area contributed by atoms with Crippen LogP contribution < -0.4 is 0 Å². The number of ether oxygens (including phenoxy) is 1. The average molecular weight is 114 g/mol. The fourth-order valence-corrected chi connectivity index (χ4v) is 0.271. The van der Waals surface area contributed by atoms with Gasteiger partial charge in [-0.15, -0.1) is 0 Å². The van der Waals surface area contributed by atoms with Crippen LogP contribution in [-0.4, -0.2) is 19.1 Å². The lowest BCUT2D eigenvalue weighted by molar-refractivity contribution is -0.140. The van der Waals surface area contributed by atoms with Gasteiger partial charge >= 0.3 is 12.5 Å². The summed E-state index contributed by atoms with van der Waals surface area (Å²) in [5.41, 5.74) is 0. The molecule has 0 aromatic rings. The third-order valence-corrected chi connectivity index (χ3v) is 0.513. The fourth-order valence-electron chi connectivity index (χ4n) is 0.271. The maximum Gasteiger partial charge on any atom is 0.387 e. The number of esters is 1. The van der Waals surface area contributed by atoms with Gasteiger partial charge in [0.25, 0.3) is 0 Å². The molecule has 0 fully saturated rings. The molecular formula is C5H7NO2. The minimum Gasteiger partial charge on any atom is -0.460 e. The van der Waals surface area contributed by atoms with Crippen molar-refractivity contribution in [3.63, 3.8) is 0 Å². The van der Waals surface area contributed by atoms with Gasteiger partial charge in [-0.1, -0.05) is 0 Å². The largest absolute Gasteiger partial charge is 0.460 e. The van der Waals surface area contributed by atoms with Crippen molar-refractivity contribution < 1.29 is 9.53 Å². The molecule has 0 spiro atoms. The SMILES string of the molecule is [C-]#[15N+]CC(=O)OCC. The third-order valence-electron chi connectivity index (χ3n) is 0.513. The second kappa shape index (κ2) is 4.13. The molecule has 0 saturated heterocycles. The highest BCUT2D eigenvalue weighted by molar-refractivity contribution is 5.73. The highest BCUT2D eigenvalue weighted by Gasteiger charge is 2.00. The van der Waals surface area contributed by atoms with Crippen LogP contribution >= 0.6 is 0 Å². The molecule has 0 aromatic heterocycles. The zero-order valence-electron chi connectivity index (χ0n) is 4.68. The van der Waals surface area contributed by atoms with E-state index in [2.05, 4.69) is 9.58 Å². The Morgan fingerprint density at radius 3 is 2.88 bits per heavy atom. The van der Waals surface area contributed by atoms with Gasteiger partial charge < -0.3 is 9.58 Å². The maximum absolute atomic E-state index is 10.2. The molecule has 3 heteroatoms. The summed E-state index contributed by atoms with van der Waals surface area (Å²) in [6, 6.07) is 0. The number of nitrogens with zero attached hydrogens (tertiary/aromatic N) is 1. The van der Waals surface area contributed by atoms with Crippen molar-refractivity contribution in [3.05, 3.63) is 11.4 Å². The van der Waals surface area contributed by atoms with E-state index in [0.717, 1.165) is 0 Å². The highest BCUT2D eigenvalue weighted by atomic mass is 16.5. The molecule has 0 saturated carbocycles. The Balaban J connectivity index is 3.23. The second-order valence-corrected chi connectivity index (χ2v) is 1.12. The molecule has 0 aliphatic rings. The van der Waals surface area contributed by atoms with Crippen molar-refractivity contribution in [1.82, 2.24) is 0 Å². The van der Waals surface area contributed by atoms with Crippen LogP contribution in [0.4, 0.5) is 0 Å². The first-order valence-corrected chi connectivity index (χ1v) is 2.30. The summed E-state index contributed by atoms with van der Waals surface area (Å²) in [6.45, 7) is 8.14. The standard InChI is InChI=1S/C5H7NO2/c1-3-8-5(7)4-6-2/h3-4H2,1H3/i6+1. The van der Waals surface area contributed by atoms with Crippen LogP contribution in [0.2, 0.25) is 0 Å². The van der Waals surface area contributed by atoms with E-state index in [0.29, 0.717) is 6.61 Å². The van der Waals surface area contributed by atoms with Crippen molar-refractivity contribution in [1.29, 1.82) is 0 Å². The predicted molar refractivity (Wildman–Crippen MR) is 28.1 cm³/mol. The smallest absolute Gasteiger partial charge is 0.387 e. The van der Waals surface area contributed by atoms with E-state index in [1.165, 1.54) is 0 Å². The van der Waals surface area contributed by atoms with E-state index in [9.17, 15) is 4.79 Å². The van der Waals surface area contributed by atoms with Gasteiger partial charge in [0.1, 0.15) is 0 Å². The van der Waals surface area contributed by atoms with Gasteiger partial charge in [0.15, 0.2) is 0 Å². The summed E-state index contributed by atoms with van der Waals surface area (Å²) < 4.78 is 4.43.